The number of hydrogen-bond donors (Lipinski definition) is 1. The topological polar surface area (TPSA) is 63.3 Å². The summed E-state index contributed by atoms with van der Waals surface area (Å²) in [5.74, 6) is 0.345. The second kappa shape index (κ2) is 2.83. The molecule has 1 aromatic heterocycles. The van der Waals surface area contributed by atoms with Crippen LogP contribution in [-0.2, 0) is 16.6 Å². The first-order valence-corrected chi connectivity index (χ1v) is 4.80. The number of aryl methyl sites for hydroxylation is 2. The molecule has 0 amide bonds. The van der Waals surface area contributed by atoms with Gasteiger partial charge in [0.2, 0.25) is 0 Å². The van der Waals surface area contributed by atoms with Crippen LogP contribution < -0.4 is 0 Å². The third-order valence-electron chi connectivity index (χ3n) is 2.73. The SMILES string of the molecule is CCc1nc(C)oc1C1(C(=O)O)CC1. The Bertz CT molecular complexity index is 377. The average molecular weight is 195 g/mol. The number of rotatable bonds is 3. The van der Waals surface area contributed by atoms with Crippen LogP contribution in [0.5, 0.6) is 0 Å². The molecule has 14 heavy (non-hydrogen) atoms. The molecule has 4 nitrogen and oxygen atoms in total. The van der Waals surface area contributed by atoms with Crippen molar-refractivity contribution in [1.29, 1.82) is 0 Å². The highest BCUT2D eigenvalue weighted by atomic mass is 16.4. The molecule has 0 aliphatic heterocycles. The fraction of sp³-hybridized carbons (Fsp3) is 0.600. The Labute approximate surface area is 81.9 Å². The van der Waals surface area contributed by atoms with Crippen LogP contribution >= 0.6 is 0 Å². The fourth-order valence-corrected chi connectivity index (χ4v) is 1.75. The smallest absolute Gasteiger partial charge is 0.317 e. The normalized spacial score (nSPS) is 18.1. The molecule has 1 saturated carbocycles. The maximum atomic E-state index is 11.1. The number of oxazole rings is 1. The zero-order valence-corrected chi connectivity index (χ0v) is 8.33. The monoisotopic (exact) mass is 195 g/mol. The van der Waals surface area contributed by atoms with Gasteiger partial charge in [-0.3, -0.25) is 4.79 Å². The average Bonchev–Trinajstić information content (AvgIpc) is 2.85. The highest BCUT2D eigenvalue weighted by Gasteiger charge is 2.56. The Balaban J connectivity index is 2.45. The van der Waals surface area contributed by atoms with Crippen LogP contribution in [0.15, 0.2) is 4.42 Å². The van der Waals surface area contributed by atoms with Crippen molar-refractivity contribution in [1.82, 2.24) is 4.98 Å². The van der Waals surface area contributed by atoms with Crippen LogP contribution in [-0.4, -0.2) is 16.1 Å². The molecule has 2 rings (SSSR count). The molecule has 0 spiro atoms. The Morgan fingerprint density at radius 2 is 2.29 bits per heavy atom. The predicted molar refractivity (Wildman–Crippen MR) is 49.2 cm³/mol. The van der Waals surface area contributed by atoms with Gasteiger partial charge in [-0.05, 0) is 19.3 Å². The molecule has 0 saturated heterocycles. The number of aromatic nitrogens is 1. The van der Waals surface area contributed by atoms with E-state index in [2.05, 4.69) is 4.98 Å². The minimum atomic E-state index is -0.789. The number of carboxylic acids is 1. The number of carboxylic acid groups (broad SMARTS) is 1. The molecule has 1 aliphatic rings. The lowest BCUT2D eigenvalue weighted by Gasteiger charge is -2.06. The molecule has 0 atom stereocenters. The Morgan fingerprint density at radius 1 is 1.64 bits per heavy atom. The molecule has 1 fully saturated rings. The highest BCUT2D eigenvalue weighted by Crippen LogP contribution is 2.49. The summed E-state index contributed by atoms with van der Waals surface area (Å²) in [7, 11) is 0. The molecule has 0 aromatic carbocycles. The Kier molecular flexibility index (Phi) is 1.87. The molecule has 0 radical (unpaired) electrons. The first-order chi connectivity index (χ1) is 6.60. The highest BCUT2D eigenvalue weighted by molar-refractivity contribution is 5.84. The lowest BCUT2D eigenvalue weighted by atomic mass is 10.0. The maximum Gasteiger partial charge on any atom is 0.317 e. The van der Waals surface area contributed by atoms with E-state index in [0.29, 0.717) is 24.5 Å². The van der Waals surface area contributed by atoms with E-state index in [-0.39, 0.29) is 0 Å². The van der Waals surface area contributed by atoms with Gasteiger partial charge in [0.05, 0.1) is 5.69 Å². The minimum absolute atomic E-state index is 0.560. The number of nitrogens with zero attached hydrogens (tertiary/aromatic N) is 1. The summed E-state index contributed by atoms with van der Waals surface area (Å²) in [5, 5.41) is 9.10. The standard InChI is InChI=1S/C10H13NO3/c1-3-7-8(14-6(2)11-7)10(4-5-10)9(12)13/h3-5H2,1-2H3,(H,12,13). The number of hydrogen-bond acceptors (Lipinski definition) is 3. The summed E-state index contributed by atoms with van der Waals surface area (Å²) < 4.78 is 5.40. The van der Waals surface area contributed by atoms with Gasteiger partial charge in [-0.2, -0.15) is 0 Å². The van der Waals surface area contributed by atoms with Crippen molar-refractivity contribution in [3.63, 3.8) is 0 Å². The van der Waals surface area contributed by atoms with Gasteiger partial charge < -0.3 is 9.52 Å². The van der Waals surface area contributed by atoms with E-state index in [0.717, 1.165) is 12.1 Å². The molecule has 1 aliphatic carbocycles. The lowest BCUT2D eigenvalue weighted by molar-refractivity contribution is -0.140. The zero-order valence-electron chi connectivity index (χ0n) is 8.33. The van der Waals surface area contributed by atoms with Crippen molar-refractivity contribution in [2.75, 3.05) is 0 Å². The molecule has 76 valence electrons. The second-order valence-corrected chi connectivity index (χ2v) is 3.75. The van der Waals surface area contributed by atoms with Crippen molar-refractivity contribution in [2.24, 2.45) is 0 Å². The van der Waals surface area contributed by atoms with Gasteiger partial charge in [-0.15, -0.1) is 0 Å². The Hall–Kier alpha value is -1.32. The molecule has 0 bridgehead atoms. The lowest BCUT2D eigenvalue weighted by Crippen LogP contribution is -2.20. The van der Waals surface area contributed by atoms with E-state index in [1.54, 1.807) is 6.92 Å². The first kappa shape index (κ1) is 9.24. The number of carbonyl (C=O) groups is 1. The fourth-order valence-electron chi connectivity index (χ4n) is 1.75. The van der Waals surface area contributed by atoms with E-state index in [1.807, 2.05) is 6.92 Å². The van der Waals surface area contributed by atoms with Gasteiger partial charge in [0, 0.05) is 6.92 Å². The summed E-state index contributed by atoms with van der Waals surface area (Å²) in [6.45, 7) is 3.71. The molecule has 1 aromatic rings. The van der Waals surface area contributed by atoms with Gasteiger partial charge in [0.15, 0.2) is 5.89 Å². The predicted octanol–water partition coefficient (Wildman–Crippen LogP) is 1.66. The molecule has 4 heteroatoms. The first-order valence-electron chi connectivity index (χ1n) is 4.80. The van der Waals surface area contributed by atoms with E-state index >= 15 is 0 Å². The molecular formula is C10H13NO3. The van der Waals surface area contributed by atoms with Crippen molar-refractivity contribution >= 4 is 5.97 Å². The summed E-state index contributed by atoms with van der Waals surface area (Å²) in [5.41, 5.74) is 0.0366. The van der Waals surface area contributed by atoms with E-state index in [4.69, 9.17) is 9.52 Å². The maximum absolute atomic E-state index is 11.1. The van der Waals surface area contributed by atoms with Crippen LogP contribution in [0, 0.1) is 6.92 Å². The zero-order chi connectivity index (χ0) is 10.3. The van der Waals surface area contributed by atoms with E-state index < -0.39 is 11.4 Å². The van der Waals surface area contributed by atoms with Crippen LogP contribution in [0.1, 0.15) is 37.1 Å². The van der Waals surface area contributed by atoms with Crippen LogP contribution in [0.2, 0.25) is 0 Å². The van der Waals surface area contributed by atoms with Crippen LogP contribution in [0.4, 0.5) is 0 Å². The minimum Gasteiger partial charge on any atom is -0.480 e. The summed E-state index contributed by atoms with van der Waals surface area (Å²) in [6.07, 6.45) is 2.07. The van der Waals surface area contributed by atoms with Gasteiger partial charge >= 0.3 is 5.97 Å². The summed E-state index contributed by atoms with van der Waals surface area (Å²) in [4.78, 5) is 15.3. The van der Waals surface area contributed by atoms with Gasteiger partial charge in [-0.1, -0.05) is 6.92 Å². The van der Waals surface area contributed by atoms with E-state index in [1.165, 1.54) is 0 Å². The van der Waals surface area contributed by atoms with Crippen molar-refractivity contribution in [3.8, 4) is 0 Å². The van der Waals surface area contributed by atoms with Crippen LogP contribution in [0.3, 0.4) is 0 Å². The van der Waals surface area contributed by atoms with E-state index in [9.17, 15) is 4.79 Å². The van der Waals surface area contributed by atoms with Crippen molar-refractivity contribution < 1.29 is 14.3 Å². The van der Waals surface area contributed by atoms with Gasteiger partial charge in [0.25, 0.3) is 0 Å². The molecule has 1 N–H and O–H groups in total. The Morgan fingerprint density at radius 3 is 2.71 bits per heavy atom. The largest absolute Gasteiger partial charge is 0.480 e. The van der Waals surface area contributed by atoms with Crippen LogP contribution in [0.25, 0.3) is 0 Å². The molecule has 0 unspecified atom stereocenters. The van der Waals surface area contributed by atoms with Crippen molar-refractivity contribution in [2.45, 2.75) is 38.5 Å². The summed E-state index contributed by atoms with van der Waals surface area (Å²) >= 11 is 0. The third-order valence-corrected chi connectivity index (χ3v) is 2.73. The van der Waals surface area contributed by atoms with Gasteiger partial charge in [-0.25, -0.2) is 4.98 Å². The molecular weight excluding hydrogens is 182 g/mol. The number of aliphatic carboxylic acids is 1. The van der Waals surface area contributed by atoms with Crippen molar-refractivity contribution in [3.05, 3.63) is 17.3 Å². The van der Waals surface area contributed by atoms with Gasteiger partial charge in [0.1, 0.15) is 11.2 Å². The summed E-state index contributed by atoms with van der Waals surface area (Å²) in [6, 6.07) is 0. The molecule has 1 heterocycles. The second-order valence-electron chi connectivity index (χ2n) is 3.75. The quantitative estimate of drug-likeness (QED) is 0.796. The third kappa shape index (κ3) is 1.14.